The molecule has 8 heteroatoms. The molecule has 0 spiro atoms. The maximum Gasteiger partial charge on any atom is 0.236 e. The number of methoxy groups -OCH3 is 1. The van der Waals surface area contributed by atoms with E-state index in [9.17, 15) is 4.79 Å². The van der Waals surface area contributed by atoms with Crippen molar-refractivity contribution in [2.75, 3.05) is 12.9 Å². The number of amides is 1. The third-order valence-electron chi connectivity index (χ3n) is 2.22. The van der Waals surface area contributed by atoms with Crippen LogP contribution in [0.15, 0.2) is 26.8 Å². The smallest absolute Gasteiger partial charge is 0.236 e. The fourth-order valence-electron chi connectivity index (χ4n) is 1.39. The molecule has 1 N–H and O–H groups in total. The van der Waals surface area contributed by atoms with Crippen molar-refractivity contribution < 1.29 is 9.53 Å². The molecule has 1 heterocycles. The minimum atomic E-state index is -0.0722. The van der Waals surface area contributed by atoms with E-state index in [2.05, 4.69) is 31.4 Å². The Morgan fingerprint density at radius 2 is 2.37 bits per heavy atom. The van der Waals surface area contributed by atoms with Crippen molar-refractivity contribution in [3.05, 3.63) is 27.2 Å². The molecule has 1 amide bonds. The summed E-state index contributed by atoms with van der Waals surface area (Å²) in [6.45, 7) is 0. The average Bonchev–Trinajstić information content (AvgIpc) is 2.79. The first-order valence-corrected chi connectivity index (χ1v) is 7.33. The van der Waals surface area contributed by atoms with Crippen molar-refractivity contribution >= 4 is 56.6 Å². The molecule has 1 aromatic rings. The molecule has 1 fully saturated rings. The number of amidine groups is 1. The summed E-state index contributed by atoms with van der Waals surface area (Å²) in [5.41, 5.74) is 0.622. The van der Waals surface area contributed by atoms with Crippen molar-refractivity contribution in [1.29, 1.82) is 0 Å². The summed E-state index contributed by atoms with van der Waals surface area (Å²) in [6.07, 6.45) is 1.49. The zero-order chi connectivity index (χ0) is 13.8. The standard InChI is InChI=1S/C11H9BrClN3O2S/c1-18-10-6(8(13)3-2-7(10)12)4-14-16-11-15-9(17)5-19-11/h2-4H,5H2,1H3,(H,15,16,17). The molecule has 0 atom stereocenters. The van der Waals surface area contributed by atoms with Gasteiger partial charge in [0.15, 0.2) is 5.17 Å². The molecule has 0 unspecified atom stereocenters. The normalized spacial score (nSPS) is 17.2. The van der Waals surface area contributed by atoms with E-state index in [0.717, 1.165) is 4.47 Å². The van der Waals surface area contributed by atoms with Gasteiger partial charge in [0.2, 0.25) is 5.91 Å². The Morgan fingerprint density at radius 3 is 3.00 bits per heavy atom. The van der Waals surface area contributed by atoms with Gasteiger partial charge >= 0.3 is 0 Å². The van der Waals surface area contributed by atoms with Crippen LogP contribution in [0.1, 0.15) is 5.56 Å². The lowest BCUT2D eigenvalue weighted by Crippen LogP contribution is -2.19. The molecule has 2 rings (SSSR count). The molecular formula is C11H9BrClN3O2S. The van der Waals surface area contributed by atoms with E-state index < -0.39 is 0 Å². The highest BCUT2D eigenvalue weighted by atomic mass is 79.9. The summed E-state index contributed by atoms with van der Waals surface area (Å²) in [7, 11) is 1.55. The third-order valence-corrected chi connectivity index (χ3v) is 4.04. The average molecular weight is 363 g/mol. The summed E-state index contributed by atoms with van der Waals surface area (Å²) in [6, 6.07) is 3.52. The molecule has 1 aromatic carbocycles. The number of nitrogens with one attached hydrogen (secondary N) is 1. The number of halogens is 2. The molecule has 1 aliphatic heterocycles. The number of hydrogen-bond acceptors (Lipinski definition) is 5. The number of thioether (sulfide) groups is 1. The zero-order valence-corrected chi connectivity index (χ0v) is 13.0. The first-order chi connectivity index (χ1) is 9.11. The molecule has 5 nitrogen and oxygen atoms in total. The van der Waals surface area contributed by atoms with Crippen LogP contribution in [0.3, 0.4) is 0 Å². The van der Waals surface area contributed by atoms with Crippen LogP contribution in [-0.2, 0) is 4.79 Å². The molecule has 1 aliphatic rings. The van der Waals surface area contributed by atoms with Crippen molar-refractivity contribution in [3.8, 4) is 5.75 Å². The second kappa shape index (κ2) is 6.40. The lowest BCUT2D eigenvalue weighted by molar-refractivity contribution is -0.116. The fourth-order valence-corrected chi connectivity index (χ4v) is 2.73. The summed E-state index contributed by atoms with van der Waals surface area (Å²) >= 11 is 10.8. The van der Waals surface area contributed by atoms with E-state index in [0.29, 0.717) is 27.3 Å². The second-order valence-electron chi connectivity index (χ2n) is 3.46. The van der Waals surface area contributed by atoms with Gasteiger partial charge in [-0.05, 0) is 28.1 Å². The maximum atomic E-state index is 11.0. The van der Waals surface area contributed by atoms with Crippen LogP contribution in [0.25, 0.3) is 0 Å². The molecule has 100 valence electrons. The number of benzene rings is 1. The number of nitrogens with zero attached hydrogens (tertiary/aromatic N) is 2. The summed E-state index contributed by atoms with van der Waals surface area (Å²) in [5.74, 6) is 0.881. The first-order valence-electron chi connectivity index (χ1n) is 5.17. The SMILES string of the molecule is COc1c(Br)ccc(Cl)c1C=NN=C1NC(=O)CS1. The fraction of sp³-hybridized carbons (Fsp3) is 0.182. The molecular weight excluding hydrogens is 354 g/mol. The Labute approximate surface area is 127 Å². The van der Waals surface area contributed by atoms with Gasteiger partial charge in [-0.3, -0.25) is 4.79 Å². The lowest BCUT2D eigenvalue weighted by Gasteiger charge is -2.07. The van der Waals surface area contributed by atoms with Crippen LogP contribution in [0, 0.1) is 0 Å². The predicted octanol–water partition coefficient (Wildman–Crippen LogP) is 2.66. The van der Waals surface area contributed by atoms with Crippen molar-refractivity contribution in [2.45, 2.75) is 0 Å². The predicted molar refractivity (Wildman–Crippen MR) is 81.3 cm³/mol. The minimum Gasteiger partial charge on any atom is -0.495 e. The van der Waals surface area contributed by atoms with Crippen molar-refractivity contribution in [1.82, 2.24) is 5.32 Å². The van der Waals surface area contributed by atoms with E-state index in [1.807, 2.05) is 0 Å². The van der Waals surface area contributed by atoms with Crippen LogP contribution >= 0.6 is 39.3 Å². The molecule has 0 bridgehead atoms. The molecule has 0 aliphatic carbocycles. The Morgan fingerprint density at radius 1 is 1.58 bits per heavy atom. The van der Waals surface area contributed by atoms with Gasteiger partial charge in [0.05, 0.1) is 34.1 Å². The van der Waals surface area contributed by atoms with Gasteiger partial charge < -0.3 is 10.1 Å². The van der Waals surface area contributed by atoms with Gasteiger partial charge in [0.25, 0.3) is 0 Å². The largest absolute Gasteiger partial charge is 0.495 e. The zero-order valence-electron chi connectivity index (χ0n) is 9.81. The number of hydrogen-bond donors (Lipinski definition) is 1. The summed E-state index contributed by atoms with van der Waals surface area (Å²) in [4.78, 5) is 11.0. The lowest BCUT2D eigenvalue weighted by atomic mass is 10.2. The first kappa shape index (κ1) is 14.4. The Hall–Kier alpha value is -1.05. The Bertz CT molecular complexity index is 577. The number of carbonyl (C=O) groups excluding carboxylic acids is 1. The van der Waals surface area contributed by atoms with Crippen LogP contribution in [0.5, 0.6) is 5.75 Å². The third kappa shape index (κ3) is 3.49. The quantitative estimate of drug-likeness (QED) is 0.664. The van der Waals surface area contributed by atoms with E-state index in [1.54, 1.807) is 19.2 Å². The van der Waals surface area contributed by atoms with E-state index in [4.69, 9.17) is 16.3 Å². The topological polar surface area (TPSA) is 63.1 Å². The van der Waals surface area contributed by atoms with Crippen LogP contribution in [0.2, 0.25) is 5.02 Å². The molecule has 19 heavy (non-hydrogen) atoms. The van der Waals surface area contributed by atoms with Gasteiger partial charge in [-0.25, -0.2) is 0 Å². The van der Waals surface area contributed by atoms with E-state index in [-0.39, 0.29) is 5.91 Å². The number of rotatable bonds is 3. The van der Waals surface area contributed by atoms with Crippen LogP contribution in [0.4, 0.5) is 0 Å². The molecule has 1 saturated heterocycles. The highest BCUT2D eigenvalue weighted by Gasteiger charge is 2.16. The molecule has 0 radical (unpaired) electrons. The van der Waals surface area contributed by atoms with Gasteiger partial charge in [-0.2, -0.15) is 5.10 Å². The van der Waals surface area contributed by atoms with Gasteiger partial charge in [-0.15, -0.1) is 5.10 Å². The summed E-state index contributed by atoms with van der Waals surface area (Å²) < 4.78 is 6.03. The van der Waals surface area contributed by atoms with Crippen LogP contribution in [-0.4, -0.2) is 30.2 Å². The van der Waals surface area contributed by atoms with E-state index in [1.165, 1.54) is 18.0 Å². The number of carbonyl (C=O) groups is 1. The Kier molecular flexibility index (Phi) is 4.84. The highest BCUT2D eigenvalue weighted by molar-refractivity contribution is 9.10. The molecule has 0 saturated carbocycles. The monoisotopic (exact) mass is 361 g/mol. The van der Waals surface area contributed by atoms with E-state index >= 15 is 0 Å². The Balaban J connectivity index is 2.23. The van der Waals surface area contributed by atoms with Gasteiger partial charge in [-0.1, -0.05) is 23.4 Å². The van der Waals surface area contributed by atoms with Gasteiger partial charge in [0.1, 0.15) is 5.75 Å². The van der Waals surface area contributed by atoms with Crippen molar-refractivity contribution in [3.63, 3.8) is 0 Å². The second-order valence-corrected chi connectivity index (χ2v) is 5.69. The summed E-state index contributed by atoms with van der Waals surface area (Å²) in [5, 5.41) is 11.4. The molecule has 0 aromatic heterocycles. The van der Waals surface area contributed by atoms with Crippen molar-refractivity contribution in [2.24, 2.45) is 10.2 Å². The van der Waals surface area contributed by atoms with Crippen LogP contribution < -0.4 is 10.1 Å². The number of ether oxygens (including phenoxy) is 1. The highest BCUT2D eigenvalue weighted by Crippen LogP contribution is 2.32. The maximum absolute atomic E-state index is 11.0. The minimum absolute atomic E-state index is 0.0722. The van der Waals surface area contributed by atoms with Gasteiger partial charge in [0, 0.05) is 0 Å².